The van der Waals surface area contributed by atoms with Crippen molar-refractivity contribution in [3.05, 3.63) is 29.3 Å². The second-order valence-corrected chi connectivity index (χ2v) is 5.22. The van der Waals surface area contributed by atoms with Crippen LogP contribution in [-0.2, 0) is 4.79 Å². The Bertz CT molecular complexity index is 442. The Hall–Kier alpha value is -1.55. The lowest BCUT2D eigenvalue weighted by atomic mass is 10.1. The van der Waals surface area contributed by atoms with E-state index < -0.39 is 0 Å². The number of carbonyl (C=O) groups is 1. The van der Waals surface area contributed by atoms with E-state index in [0.29, 0.717) is 5.75 Å². The maximum absolute atomic E-state index is 11.9. The van der Waals surface area contributed by atoms with Crippen molar-refractivity contribution in [1.29, 1.82) is 0 Å². The molecule has 1 rings (SSSR count). The average molecular weight is 264 g/mol. The Morgan fingerprint density at radius 3 is 2.53 bits per heavy atom. The largest absolute Gasteiger partial charge is 0.483 e. The van der Waals surface area contributed by atoms with Gasteiger partial charge in [0.1, 0.15) is 5.75 Å². The molecule has 0 bridgehead atoms. The molecule has 0 saturated carbocycles. The van der Waals surface area contributed by atoms with Gasteiger partial charge in [0.25, 0.3) is 5.91 Å². The molecule has 19 heavy (non-hydrogen) atoms. The quantitative estimate of drug-likeness (QED) is 0.887. The molecule has 0 aromatic heterocycles. The van der Waals surface area contributed by atoms with Gasteiger partial charge in [0.15, 0.2) is 6.61 Å². The number of ether oxygens (including phenoxy) is 1. The molecule has 1 aromatic rings. The molecular weight excluding hydrogens is 240 g/mol. The first-order chi connectivity index (χ1) is 8.82. The molecule has 2 N–H and O–H groups in total. The molecule has 4 nitrogen and oxygen atoms in total. The van der Waals surface area contributed by atoms with Crippen molar-refractivity contribution in [2.75, 3.05) is 13.7 Å². The molecule has 0 aliphatic heterocycles. The van der Waals surface area contributed by atoms with E-state index in [9.17, 15) is 4.79 Å². The van der Waals surface area contributed by atoms with Crippen molar-refractivity contribution in [2.24, 2.45) is 5.73 Å². The van der Waals surface area contributed by atoms with Gasteiger partial charge in [0.05, 0.1) is 0 Å². The standard InChI is InChI=1S/C15H24N2O2/c1-10(2)17(5)15(18)9-19-14-7-6-11(3)8-13(14)12(4)16/h6-8,10,12H,9,16H2,1-5H3/t12-/m0/s1. The van der Waals surface area contributed by atoms with Gasteiger partial charge in [-0.2, -0.15) is 0 Å². The monoisotopic (exact) mass is 264 g/mol. The number of aryl methyl sites for hydroxylation is 1. The minimum Gasteiger partial charge on any atom is -0.483 e. The van der Waals surface area contributed by atoms with E-state index in [4.69, 9.17) is 10.5 Å². The summed E-state index contributed by atoms with van der Waals surface area (Å²) in [7, 11) is 1.78. The van der Waals surface area contributed by atoms with Gasteiger partial charge in [-0.05, 0) is 33.8 Å². The zero-order chi connectivity index (χ0) is 14.6. The minimum atomic E-state index is -0.118. The first kappa shape index (κ1) is 15.5. The van der Waals surface area contributed by atoms with E-state index in [1.54, 1.807) is 11.9 Å². The lowest BCUT2D eigenvalue weighted by Gasteiger charge is -2.22. The number of likely N-dealkylation sites (N-methyl/N-ethyl adjacent to an activating group) is 1. The van der Waals surface area contributed by atoms with E-state index in [1.165, 1.54) is 0 Å². The maximum atomic E-state index is 11.9. The third-order valence-corrected chi connectivity index (χ3v) is 3.17. The maximum Gasteiger partial charge on any atom is 0.260 e. The van der Waals surface area contributed by atoms with Crippen molar-refractivity contribution in [1.82, 2.24) is 4.90 Å². The highest BCUT2D eigenvalue weighted by molar-refractivity contribution is 5.77. The fourth-order valence-corrected chi connectivity index (χ4v) is 1.68. The summed E-state index contributed by atoms with van der Waals surface area (Å²) in [6.07, 6.45) is 0. The number of rotatable bonds is 5. The van der Waals surface area contributed by atoms with Crippen LogP contribution in [0.3, 0.4) is 0 Å². The smallest absolute Gasteiger partial charge is 0.260 e. The second-order valence-electron chi connectivity index (χ2n) is 5.22. The van der Waals surface area contributed by atoms with E-state index >= 15 is 0 Å². The molecule has 0 saturated heterocycles. The van der Waals surface area contributed by atoms with Crippen molar-refractivity contribution >= 4 is 5.91 Å². The van der Waals surface area contributed by atoms with Crippen LogP contribution in [0, 0.1) is 6.92 Å². The molecular formula is C15H24N2O2. The molecule has 106 valence electrons. The number of nitrogens with zero attached hydrogens (tertiary/aromatic N) is 1. The number of carbonyl (C=O) groups excluding carboxylic acids is 1. The van der Waals surface area contributed by atoms with Crippen LogP contribution in [0.5, 0.6) is 5.75 Å². The molecule has 0 fully saturated rings. The first-order valence-electron chi connectivity index (χ1n) is 6.57. The summed E-state index contributed by atoms with van der Waals surface area (Å²) in [5, 5.41) is 0. The fourth-order valence-electron chi connectivity index (χ4n) is 1.68. The fraction of sp³-hybridized carbons (Fsp3) is 0.533. The molecule has 0 spiro atoms. The molecule has 0 aliphatic rings. The lowest BCUT2D eigenvalue weighted by molar-refractivity contribution is -0.133. The molecule has 1 aromatic carbocycles. The zero-order valence-electron chi connectivity index (χ0n) is 12.4. The highest BCUT2D eigenvalue weighted by Crippen LogP contribution is 2.25. The highest BCUT2D eigenvalue weighted by atomic mass is 16.5. The van der Waals surface area contributed by atoms with Gasteiger partial charge in [0, 0.05) is 24.7 Å². The Morgan fingerprint density at radius 1 is 1.37 bits per heavy atom. The number of hydrogen-bond acceptors (Lipinski definition) is 3. The van der Waals surface area contributed by atoms with Crippen LogP contribution in [-0.4, -0.2) is 30.5 Å². The van der Waals surface area contributed by atoms with E-state index in [0.717, 1.165) is 11.1 Å². The Kier molecular flexibility index (Phi) is 5.36. The molecule has 4 heteroatoms. The van der Waals surface area contributed by atoms with Gasteiger partial charge >= 0.3 is 0 Å². The van der Waals surface area contributed by atoms with Crippen molar-refractivity contribution in [3.8, 4) is 5.75 Å². The molecule has 0 aliphatic carbocycles. The normalized spacial score (nSPS) is 12.4. The predicted octanol–water partition coefficient (Wildman–Crippen LogP) is 2.26. The van der Waals surface area contributed by atoms with E-state index in [-0.39, 0.29) is 24.6 Å². The predicted molar refractivity (Wildman–Crippen MR) is 77.2 cm³/mol. The number of nitrogens with two attached hydrogens (primary N) is 1. The van der Waals surface area contributed by atoms with Crippen LogP contribution in [0.2, 0.25) is 0 Å². The van der Waals surface area contributed by atoms with Gasteiger partial charge in [-0.25, -0.2) is 0 Å². The van der Waals surface area contributed by atoms with Gasteiger partial charge in [0.2, 0.25) is 0 Å². The Labute approximate surface area is 115 Å². The summed E-state index contributed by atoms with van der Waals surface area (Å²) >= 11 is 0. The van der Waals surface area contributed by atoms with Crippen molar-refractivity contribution in [3.63, 3.8) is 0 Å². The molecule has 0 heterocycles. The van der Waals surface area contributed by atoms with Gasteiger partial charge in [-0.1, -0.05) is 17.7 Å². The Morgan fingerprint density at radius 2 is 2.00 bits per heavy atom. The number of hydrogen-bond donors (Lipinski definition) is 1. The summed E-state index contributed by atoms with van der Waals surface area (Å²) < 4.78 is 5.62. The molecule has 0 radical (unpaired) electrons. The third-order valence-electron chi connectivity index (χ3n) is 3.17. The van der Waals surface area contributed by atoms with E-state index in [1.807, 2.05) is 45.9 Å². The van der Waals surface area contributed by atoms with Gasteiger partial charge in [-0.3, -0.25) is 4.79 Å². The number of amides is 1. The van der Waals surface area contributed by atoms with Crippen LogP contribution in [0.1, 0.15) is 37.9 Å². The van der Waals surface area contributed by atoms with Crippen molar-refractivity contribution in [2.45, 2.75) is 39.8 Å². The average Bonchev–Trinajstić information content (AvgIpc) is 2.35. The van der Waals surface area contributed by atoms with Crippen LogP contribution >= 0.6 is 0 Å². The summed E-state index contributed by atoms with van der Waals surface area (Å²) in [5.74, 6) is 0.650. The SMILES string of the molecule is Cc1ccc(OCC(=O)N(C)C(C)C)c([C@H](C)N)c1. The summed E-state index contributed by atoms with van der Waals surface area (Å²) in [4.78, 5) is 13.5. The molecule has 1 atom stereocenters. The van der Waals surface area contributed by atoms with Gasteiger partial charge < -0.3 is 15.4 Å². The number of benzene rings is 1. The zero-order valence-corrected chi connectivity index (χ0v) is 12.4. The summed E-state index contributed by atoms with van der Waals surface area (Å²) in [6, 6.07) is 5.88. The highest BCUT2D eigenvalue weighted by Gasteiger charge is 2.14. The lowest BCUT2D eigenvalue weighted by Crippen LogP contribution is -2.36. The van der Waals surface area contributed by atoms with Crippen molar-refractivity contribution < 1.29 is 9.53 Å². The third kappa shape index (κ3) is 4.24. The molecule has 1 amide bonds. The van der Waals surface area contributed by atoms with Crippen LogP contribution in [0.25, 0.3) is 0 Å². The van der Waals surface area contributed by atoms with Crippen LogP contribution in [0.4, 0.5) is 0 Å². The minimum absolute atomic E-state index is 0.0359. The summed E-state index contributed by atoms with van der Waals surface area (Å²) in [6.45, 7) is 7.89. The van der Waals surface area contributed by atoms with Gasteiger partial charge in [-0.15, -0.1) is 0 Å². The topological polar surface area (TPSA) is 55.6 Å². The Balaban J connectivity index is 2.75. The molecule has 0 unspecified atom stereocenters. The van der Waals surface area contributed by atoms with Crippen LogP contribution < -0.4 is 10.5 Å². The summed E-state index contributed by atoms with van der Waals surface area (Å²) in [5.41, 5.74) is 7.98. The second kappa shape index (κ2) is 6.57. The van der Waals surface area contributed by atoms with Crippen LogP contribution in [0.15, 0.2) is 18.2 Å². The van der Waals surface area contributed by atoms with E-state index in [2.05, 4.69) is 0 Å². The first-order valence-corrected chi connectivity index (χ1v) is 6.57.